The van der Waals surface area contributed by atoms with Gasteiger partial charge in [-0.25, -0.2) is 13.2 Å². The molecule has 100 valence electrons. The first-order chi connectivity index (χ1) is 8.91. The Morgan fingerprint density at radius 3 is 2.37 bits per heavy atom. The molecule has 0 spiro atoms. The summed E-state index contributed by atoms with van der Waals surface area (Å²) in [6, 6.07) is 6.29. The molecular weight excluding hydrogens is 341 g/mol. The molecule has 2 rings (SSSR count). The summed E-state index contributed by atoms with van der Waals surface area (Å²) in [6.45, 7) is 1.46. The number of rotatable bonds is 2. The van der Waals surface area contributed by atoms with Gasteiger partial charge in [0.2, 0.25) is 0 Å². The molecule has 5 heteroatoms. The molecular formula is C14H9BrClF3. The summed E-state index contributed by atoms with van der Waals surface area (Å²) in [5.74, 6) is -1.73. The van der Waals surface area contributed by atoms with Crippen molar-refractivity contribution in [2.45, 2.75) is 11.8 Å². The highest BCUT2D eigenvalue weighted by Gasteiger charge is 2.22. The highest BCUT2D eigenvalue weighted by molar-refractivity contribution is 9.09. The summed E-state index contributed by atoms with van der Waals surface area (Å²) in [6.07, 6.45) is 0. The van der Waals surface area contributed by atoms with E-state index < -0.39 is 22.3 Å². The SMILES string of the molecule is Cc1cc(F)c(C(Br)c2c(F)cccc2Cl)cc1F. The standard InChI is InChI=1S/C14H9BrClF3/c1-7-5-12(19)8(6-11(7)18)14(15)13-9(16)3-2-4-10(13)17/h2-6,14H,1H3. The highest BCUT2D eigenvalue weighted by atomic mass is 79.9. The maximum atomic E-state index is 13.9. The number of hydrogen-bond acceptors (Lipinski definition) is 0. The fourth-order valence-electron chi connectivity index (χ4n) is 1.76. The third-order valence-electron chi connectivity index (χ3n) is 2.80. The van der Waals surface area contributed by atoms with E-state index in [0.29, 0.717) is 0 Å². The van der Waals surface area contributed by atoms with Crippen LogP contribution in [0.4, 0.5) is 13.2 Å². The van der Waals surface area contributed by atoms with Gasteiger partial charge in [-0.2, -0.15) is 0 Å². The minimum absolute atomic E-state index is 0.00935. The zero-order chi connectivity index (χ0) is 14.2. The van der Waals surface area contributed by atoms with Crippen molar-refractivity contribution in [1.29, 1.82) is 0 Å². The van der Waals surface area contributed by atoms with Gasteiger partial charge in [-0.05, 0) is 36.8 Å². The molecule has 0 nitrogen and oxygen atoms in total. The van der Waals surface area contributed by atoms with Gasteiger partial charge in [0.25, 0.3) is 0 Å². The quantitative estimate of drug-likeness (QED) is 0.624. The lowest BCUT2D eigenvalue weighted by molar-refractivity contribution is 0.576. The van der Waals surface area contributed by atoms with Crippen LogP contribution in [0.15, 0.2) is 30.3 Å². The average Bonchev–Trinajstić information content (AvgIpc) is 2.33. The van der Waals surface area contributed by atoms with Crippen molar-refractivity contribution in [1.82, 2.24) is 0 Å². The van der Waals surface area contributed by atoms with Crippen LogP contribution < -0.4 is 0 Å². The number of aryl methyl sites for hydroxylation is 1. The van der Waals surface area contributed by atoms with Crippen molar-refractivity contribution in [2.75, 3.05) is 0 Å². The number of halogens is 5. The molecule has 0 fully saturated rings. The zero-order valence-corrected chi connectivity index (χ0v) is 12.2. The molecule has 0 radical (unpaired) electrons. The normalized spacial score (nSPS) is 12.5. The van der Waals surface area contributed by atoms with E-state index in [2.05, 4.69) is 15.9 Å². The van der Waals surface area contributed by atoms with Crippen LogP contribution in [0.5, 0.6) is 0 Å². The lowest BCUT2D eigenvalue weighted by Crippen LogP contribution is -2.02. The molecule has 0 saturated heterocycles. The van der Waals surface area contributed by atoms with Gasteiger partial charge in [0.15, 0.2) is 0 Å². The molecule has 19 heavy (non-hydrogen) atoms. The van der Waals surface area contributed by atoms with Crippen LogP contribution >= 0.6 is 27.5 Å². The van der Waals surface area contributed by atoms with Crippen LogP contribution in [0.3, 0.4) is 0 Å². The second-order valence-corrected chi connectivity index (χ2v) is 5.44. The van der Waals surface area contributed by atoms with E-state index in [-0.39, 0.29) is 21.7 Å². The largest absolute Gasteiger partial charge is 0.207 e. The first-order valence-corrected chi connectivity index (χ1v) is 6.74. The Bertz CT molecular complexity index is 608. The number of hydrogen-bond donors (Lipinski definition) is 0. The third kappa shape index (κ3) is 2.79. The van der Waals surface area contributed by atoms with E-state index in [4.69, 9.17) is 11.6 Å². The van der Waals surface area contributed by atoms with Crippen molar-refractivity contribution in [3.05, 3.63) is 69.5 Å². The van der Waals surface area contributed by atoms with Crippen LogP contribution in [-0.2, 0) is 0 Å². The first-order valence-electron chi connectivity index (χ1n) is 5.45. The molecule has 0 bridgehead atoms. The first kappa shape index (κ1) is 14.4. The Hall–Kier alpha value is -1.00. The maximum Gasteiger partial charge on any atom is 0.129 e. The van der Waals surface area contributed by atoms with Crippen LogP contribution in [0, 0.1) is 24.4 Å². The Morgan fingerprint density at radius 2 is 1.74 bits per heavy atom. The minimum Gasteiger partial charge on any atom is -0.207 e. The predicted octanol–water partition coefficient (Wildman–Crippen LogP) is 5.55. The summed E-state index contributed by atoms with van der Waals surface area (Å²) >= 11 is 9.09. The second-order valence-electron chi connectivity index (χ2n) is 4.12. The van der Waals surface area contributed by atoms with Crippen LogP contribution in [0.2, 0.25) is 5.02 Å². The average molecular weight is 350 g/mol. The summed E-state index contributed by atoms with van der Waals surface area (Å²) in [7, 11) is 0. The fraction of sp³-hybridized carbons (Fsp3) is 0.143. The Labute approximate surface area is 122 Å². The van der Waals surface area contributed by atoms with Crippen LogP contribution in [0.1, 0.15) is 21.5 Å². The molecule has 0 aliphatic heterocycles. The third-order valence-corrected chi connectivity index (χ3v) is 4.08. The van der Waals surface area contributed by atoms with Gasteiger partial charge in [-0.15, -0.1) is 0 Å². The van der Waals surface area contributed by atoms with Crippen molar-refractivity contribution in [2.24, 2.45) is 0 Å². The summed E-state index contributed by atoms with van der Waals surface area (Å²) in [5, 5.41) is 0.155. The van der Waals surface area contributed by atoms with Gasteiger partial charge in [0, 0.05) is 16.1 Å². The Morgan fingerprint density at radius 1 is 1.05 bits per heavy atom. The van der Waals surface area contributed by atoms with E-state index in [1.54, 1.807) is 0 Å². The topological polar surface area (TPSA) is 0 Å². The molecule has 0 aliphatic rings. The van der Waals surface area contributed by atoms with Crippen LogP contribution in [-0.4, -0.2) is 0 Å². The van der Waals surface area contributed by atoms with Gasteiger partial charge in [-0.1, -0.05) is 33.6 Å². The monoisotopic (exact) mass is 348 g/mol. The lowest BCUT2D eigenvalue weighted by Gasteiger charge is -2.15. The lowest BCUT2D eigenvalue weighted by atomic mass is 10.0. The molecule has 0 heterocycles. The number of benzene rings is 2. The van der Waals surface area contributed by atoms with Crippen molar-refractivity contribution >= 4 is 27.5 Å². The van der Waals surface area contributed by atoms with Gasteiger partial charge < -0.3 is 0 Å². The van der Waals surface area contributed by atoms with Gasteiger partial charge in [0.1, 0.15) is 17.5 Å². The van der Waals surface area contributed by atoms with E-state index in [9.17, 15) is 13.2 Å². The highest BCUT2D eigenvalue weighted by Crippen LogP contribution is 2.38. The molecule has 2 aromatic rings. The molecule has 0 N–H and O–H groups in total. The minimum atomic E-state index is -0.851. The van der Waals surface area contributed by atoms with Crippen molar-refractivity contribution in [3.8, 4) is 0 Å². The smallest absolute Gasteiger partial charge is 0.129 e. The van der Waals surface area contributed by atoms with E-state index >= 15 is 0 Å². The van der Waals surface area contributed by atoms with Crippen molar-refractivity contribution < 1.29 is 13.2 Å². The van der Waals surface area contributed by atoms with Gasteiger partial charge in [-0.3, -0.25) is 0 Å². The molecule has 0 saturated carbocycles. The fourth-order valence-corrected chi connectivity index (χ4v) is 2.98. The Balaban J connectivity index is 2.56. The van der Waals surface area contributed by atoms with Crippen molar-refractivity contribution in [3.63, 3.8) is 0 Å². The summed E-state index contributed by atoms with van der Waals surface area (Å²) < 4.78 is 41.2. The summed E-state index contributed by atoms with van der Waals surface area (Å²) in [5.41, 5.74) is 0.294. The van der Waals surface area contributed by atoms with Gasteiger partial charge in [0.05, 0.1) is 4.83 Å². The predicted molar refractivity (Wildman–Crippen MR) is 73.3 cm³/mol. The second kappa shape index (κ2) is 5.55. The van der Waals surface area contributed by atoms with Crippen LogP contribution in [0.25, 0.3) is 0 Å². The van der Waals surface area contributed by atoms with E-state index in [1.165, 1.54) is 25.1 Å². The number of alkyl halides is 1. The molecule has 0 aromatic heterocycles. The molecule has 0 aliphatic carbocycles. The van der Waals surface area contributed by atoms with E-state index in [1.807, 2.05) is 0 Å². The zero-order valence-electron chi connectivity index (χ0n) is 9.85. The Kier molecular flexibility index (Phi) is 4.21. The molecule has 1 unspecified atom stereocenters. The van der Waals surface area contributed by atoms with Gasteiger partial charge >= 0.3 is 0 Å². The molecule has 1 atom stereocenters. The summed E-state index contributed by atoms with van der Waals surface area (Å²) in [4.78, 5) is -0.851. The molecule has 2 aromatic carbocycles. The molecule has 0 amide bonds. The van der Waals surface area contributed by atoms with E-state index in [0.717, 1.165) is 12.1 Å². The maximum absolute atomic E-state index is 13.9.